The van der Waals surface area contributed by atoms with E-state index in [1.165, 1.54) is 11.3 Å². The molecule has 0 bridgehead atoms. The van der Waals surface area contributed by atoms with E-state index in [-0.39, 0.29) is 5.84 Å². The van der Waals surface area contributed by atoms with E-state index < -0.39 is 0 Å². The molecule has 0 aliphatic rings. The van der Waals surface area contributed by atoms with E-state index >= 15 is 0 Å². The maximum absolute atomic E-state index is 7.54. The van der Waals surface area contributed by atoms with Crippen molar-refractivity contribution in [3.63, 3.8) is 0 Å². The van der Waals surface area contributed by atoms with Gasteiger partial charge in [-0.15, -0.1) is 0 Å². The zero-order chi connectivity index (χ0) is 15.4. The molecule has 21 heavy (non-hydrogen) atoms. The lowest BCUT2D eigenvalue weighted by atomic mass is 10.1. The van der Waals surface area contributed by atoms with E-state index in [1.807, 2.05) is 18.2 Å². The number of aryl methyl sites for hydroxylation is 1. The highest BCUT2D eigenvalue weighted by atomic mass is 16.5. The molecule has 0 aliphatic heterocycles. The first-order valence-corrected chi connectivity index (χ1v) is 6.80. The second kappa shape index (κ2) is 6.31. The van der Waals surface area contributed by atoms with Crippen molar-refractivity contribution in [2.45, 2.75) is 13.5 Å². The Hall–Kier alpha value is -2.49. The molecular formula is C17H21N3O. The molecule has 0 aromatic heterocycles. The number of nitrogens with two attached hydrogens (primary N) is 1. The highest BCUT2D eigenvalue weighted by molar-refractivity contribution is 5.97. The molecule has 4 heteroatoms. The van der Waals surface area contributed by atoms with Crippen LogP contribution >= 0.6 is 0 Å². The van der Waals surface area contributed by atoms with Gasteiger partial charge in [-0.3, -0.25) is 5.41 Å². The Bertz CT molecular complexity index is 652. The Morgan fingerprint density at radius 3 is 2.62 bits per heavy atom. The van der Waals surface area contributed by atoms with Crippen molar-refractivity contribution in [1.82, 2.24) is 0 Å². The van der Waals surface area contributed by atoms with Crippen LogP contribution in [0, 0.1) is 12.3 Å². The molecule has 0 saturated heterocycles. The summed E-state index contributed by atoms with van der Waals surface area (Å²) >= 11 is 0. The van der Waals surface area contributed by atoms with Crippen LogP contribution < -0.4 is 15.4 Å². The minimum Gasteiger partial charge on any atom is -0.496 e. The average Bonchev–Trinajstić information content (AvgIpc) is 2.46. The Morgan fingerprint density at radius 2 is 2.00 bits per heavy atom. The number of rotatable bonds is 5. The number of methoxy groups -OCH3 is 1. The third kappa shape index (κ3) is 3.54. The molecule has 4 nitrogen and oxygen atoms in total. The Balaban J connectivity index is 2.21. The summed E-state index contributed by atoms with van der Waals surface area (Å²) in [6.45, 7) is 2.85. The fourth-order valence-electron chi connectivity index (χ4n) is 2.29. The highest BCUT2D eigenvalue weighted by Crippen LogP contribution is 2.22. The number of nitrogens with zero attached hydrogens (tertiary/aromatic N) is 1. The van der Waals surface area contributed by atoms with Gasteiger partial charge in [0.1, 0.15) is 11.6 Å². The lowest BCUT2D eigenvalue weighted by Gasteiger charge is -2.20. The Morgan fingerprint density at radius 1 is 1.24 bits per heavy atom. The minimum atomic E-state index is 0.0189. The lowest BCUT2D eigenvalue weighted by molar-refractivity contribution is 0.413. The summed E-state index contributed by atoms with van der Waals surface area (Å²) in [6, 6.07) is 14.1. The Labute approximate surface area is 125 Å². The molecule has 0 fully saturated rings. The SMILES string of the molecule is COc1cc(CN(C)c2cccc(C)c2)ccc1C(=N)N. The number of anilines is 1. The molecule has 0 unspecified atom stereocenters. The lowest BCUT2D eigenvalue weighted by Crippen LogP contribution is -2.17. The van der Waals surface area contributed by atoms with Crippen LogP contribution in [0.2, 0.25) is 0 Å². The third-order valence-electron chi connectivity index (χ3n) is 3.42. The van der Waals surface area contributed by atoms with Gasteiger partial charge < -0.3 is 15.4 Å². The normalized spacial score (nSPS) is 10.2. The van der Waals surface area contributed by atoms with Gasteiger partial charge in [0, 0.05) is 19.3 Å². The second-order valence-electron chi connectivity index (χ2n) is 5.14. The first-order valence-electron chi connectivity index (χ1n) is 6.80. The van der Waals surface area contributed by atoms with Crippen molar-refractivity contribution in [1.29, 1.82) is 5.41 Å². The largest absolute Gasteiger partial charge is 0.496 e. The predicted molar refractivity (Wildman–Crippen MR) is 87.3 cm³/mol. The van der Waals surface area contributed by atoms with Crippen LogP contribution in [0.1, 0.15) is 16.7 Å². The average molecular weight is 283 g/mol. The van der Waals surface area contributed by atoms with Gasteiger partial charge in [0.2, 0.25) is 0 Å². The van der Waals surface area contributed by atoms with E-state index in [1.54, 1.807) is 7.11 Å². The number of benzene rings is 2. The second-order valence-corrected chi connectivity index (χ2v) is 5.14. The maximum atomic E-state index is 7.54. The van der Waals surface area contributed by atoms with E-state index in [2.05, 4.69) is 43.1 Å². The molecule has 0 aliphatic carbocycles. The van der Waals surface area contributed by atoms with Crippen LogP contribution in [0.25, 0.3) is 0 Å². The molecule has 2 rings (SSSR count). The summed E-state index contributed by atoms with van der Waals surface area (Å²) in [6.07, 6.45) is 0. The van der Waals surface area contributed by atoms with Gasteiger partial charge in [-0.05, 0) is 42.3 Å². The zero-order valence-corrected chi connectivity index (χ0v) is 12.7. The fraction of sp³-hybridized carbons (Fsp3) is 0.235. The first-order chi connectivity index (χ1) is 10.0. The zero-order valence-electron chi connectivity index (χ0n) is 12.7. The van der Waals surface area contributed by atoms with Crippen molar-refractivity contribution < 1.29 is 4.74 Å². The van der Waals surface area contributed by atoms with Gasteiger partial charge in [-0.1, -0.05) is 18.2 Å². The number of ether oxygens (including phenoxy) is 1. The number of hydrogen-bond acceptors (Lipinski definition) is 3. The number of hydrogen-bond donors (Lipinski definition) is 2. The van der Waals surface area contributed by atoms with Crippen LogP contribution in [0.4, 0.5) is 5.69 Å². The van der Waals surface area contributed by atoms with Gasteiger partial charge in [-0.2, -0.15) is 0 Å². The smallest absolute Gasteiger partial charge is 0.130 e. The molecule has 2 aromatic carbocycles. The van der Waals surface area contributed by atoms with E-state index in [0.29, 0.717) is 11.3 Å². The summed E-state index contributed by atoms with van der Waals surface area (Å²) in [5, 5.41) is 7.54. The molecule has 110 valence electrons. The van der Waals surface area contributed by atoms with E-state index in [4.69, 9.17) is 15.9 Å². The van der Waals surface area contributed by atoms with E-state index in [0.717, 1.165) is 12.1 Å². The number of nitrogens with one attached hydrogen (secondary N) is 1. The standard InChI is InChI=1S/C17H21N3O/c1-12-5-4-6-14(9-12)20(2)11-13-7-8-15(17(18)19)16(10-13)21-3/h4-10H,11H2,1-3H3,(H3,18,19). The van der Waals surface area contributed by atoms with Gasteiger partial charge in [-0.25, -0.2) is 0 Å². The third-order valence-corrected chi connectivity index (χ3v) is 3.42. The van der Waals surface area contributed by atoms with Crippen molar-refractivity contribution in [3.05, 3.63) is 59.2 Å². The molecule has 0 heterocycles. The topological polar surface area (TPSA) is 62.3 Å². The summed E-state index contributed by atoms with van der Waals surface area (Å²) in [4.78, 5) is 2.18. The van der Waals surface area contributed by atoms with Gasteiger partial charge in [0.15, 0.2) is 0 Å². The van der Waals surface area contributed by atoms with E-state index in [9.17, 15) is 0 Å². The molecule has 2 aromatic rings. The minimum absolute atomic E-state index is 0.0189. The van der Waals surface area contributed by atoms with Crippen LogP contribution in [0.3, 0.4) is 0 Å². The predicted octanol–water partition coefficient (Wildman–Crippen LogP) is 2.92. The summed E-state index contributed by atoms with van der Waals surface area (Å²) < 4.78 is 5.31. The monoisotopic (exact) mass is 283 g/mol. The molecule has 0 amide bonds. The maximum Gasteiger partial charge on any atom is 0.130 e. The van der Waals surface area contributed by atoms with Gasteiger partial charge >= 0.3 is 0 Å². The summed E-state index contributed by atoms with van der Waals surface area (Å²) in [5.41, 5.74) is 9.69. The van der Waals surface area contributed by atoms with Crippen LogP contribution in [-0.4, -0.2) is 20.0 Å². The van der Waals surface area contributed by atoms with Crippen molar-refractivity contribution in [3.8, 4) is 5.75 Å². The highest BCUT2D eigenvalue weighted by Gasteiger charge is 2.09. The fourth-order valence-corrected chi connectivity index (χ4v) is 2.29. The van der Waals surface area contributed by atoms with Crippen molar-refractivity contribution >= 4 is 11.5 Å². The summed E-state index contributed by atoms with van der Waals surface area (Å²) in [5.74, 6) is 0.656. The molecule has 0 atom stereocenters. The van der Waals surface area contributed by atoms with Crippen LogP contribution in [-0.2, 0) is 6.54 Å². The van der Waals surface area contributed by atoms with Crippen LogP contribution in [0.5, 0.6) is 5.75 Å². The molecule has 0 saturated carbocycles. The van der Waals surface area contributed by atoms with Gasteiger partial charge in [0.05, 0.1) is 12.7 Å². The number of nitrogen functional groups attached to an aromatic ring is 1. The first kappa shape index (κ1) is 14.9. The number of amidine groups is 1. The molecule has 0 spiro atoms. The Kier molecular flexibility index (Phi) is 4.48. The molecule has 3 N–H and O–H groups in total. The van der Waals surface area contributed by atoms with Crippen molar-refractivity contribution in [2.24, 2.45) is 5.73 Å². The van der Waals surface area contributed by atoms with Crippen LogP contribution in [0.15, 0.2) is 42.5 Å². The quantitative estimate of drug-likeness (QED) is 0.655. The van der Waals surface area contributed by atoms with Crippen molar-refractivity contribution in [2.75, 3.05) is 19.1 Å². The molecular weight excluding hydrogens is 262 g/mol. The molecule has 0 radical (unpaired) electrons. The summed E-state index contributed by atoms with van der Waals surface area (Å²) in [7, 11) is 3.65. The van der Waals surface area contributed by atoms with Gasteiger partial charge in [0.25, 0.3) is 0 Å².